The Morgan fingerprint density at radius 2 is 2.00 bits per heavy atom. The van der Waals surface area contributed by atoms with Gasteiger partial charge in [0, 0.05) is 6.42 Å². The predicted octanol–water partition coefficient (Wildman–Crippen LogP) is 3.32. The van der Waals surface area contributed by atoms with Crippen molar-refractivity contribution in [2.24, 2.45) is 0 Å². The molecule has 0 bridgehead atoms. The Labute approximate surface area is 126 Å². The molecule has 1 aromatic carbocycles. The fraction of sp³-hybridized carbons (Fsp3) is 0.267. The van der Waals surface area contributed by atoms with Crippen molar-refractivity contribution in [3.05, 3.63) is 40.7 Å². The fourth-order valence-electron chi connectivity index (χ4n) is 2.00. The van der Waals surface area contributed by atoms with E-state index in [4.69, 9.17) is 4.74 Å². The van der Waals surface area contributed by atoms with E-state index in [1.165, 1.54) is 11.3 Å². The highest BCUT2D eigenvalue weighted by Crippen LogP contribution is 2.18. The number of methoxy groups -OCH3 is 1. The van der Waals surface area contributed by atoms with Gasteiger partial charge in [-0.2, -0.15) is 9.61 Å². The molecular weight excluding hydrogens is 284 g/mol. The average Bonchev–Trinajstić information content (AvgIpc) is 3.08. The van der Waals surface area contributed by atoms with Crippen LogP contribution in [0, 0.1) is 0 Å². The van der Waals surface area contributed by atoms with E-state index in [9.17, 15) is 0 Å². The van der Waals surface area contributed by atoms with Gasteiger partial charge in [-0.25, -0.2) is 0 Å². The summed E-state index contributed by atoms with van der Waals surface area (Å²) in [5, 5.41) is 13.8. The molecule has 2 aromatic heterocycles. The van der Waals surface area contributed by atoms with Gasteiger partial charge in [0.2, 0.25) is 4.96 Å². The monoisotopic (exact) mass is 300 g/mol. The van der Waals surface area contributed by atoms with Crippen molar-refractivity contribution in [2.45, 2.75) is 19.8 Å². The third-order valence-electron chi connectivity index (χ3n) is 3.08. The second-order valence-corrected chi connectivity index (χ2v) is 5.59. The van der Waals surface area contributed by atoms with Gasteiger partial charge >= 0.3 is 0 Å². The topological polar surface area (TPSA) is 52.3 Å². The van der Waals surface area contributed by atoms with Crippen LogP contribution in [-0.4, -0.2) is 26.9 Å². The van der Waals surface area contributed by atoms with Gasteiger partial charge < -0.3 is 4.74 Å². The van der Waals surface area contributed by atoms with Crippen LogP contribution in [0.5, 0.6) is 5.75 Å². The highest BCUT2D eigenvalue weighted by molar-refractivity contribution is 7.17. The first-order valence-electron chi connectivity index (χ1n) is 6.83. The molecule has 0 aliphatic heterocycles. The van der Waals surface area contributed by atoms with Gasteiger partial charge in [0.25, 0.3) is 0 Å². The summed E-state index contributed by atoms with van der Waals surface area (Å²) in [6, 6.07) is 7.91. The van der Waals surface area contributed by atoms with Gasteiger partial charge in [0.1, 0.15) is 10.8 Å². The van der Waals surface area contributed by atoms with Crippen LogP contribution >= 0.6 is 11.3 Å². The molecule has 0 radical (unpaired) electrons. The standard InChI is InChI=1S/C15H16N4OS/c1-3-4-13-16-17-15-19(13)18-14(21-15)10-7-11-5-8-12(20-2)9-6-11/h5-10H,3-4H2,1-2H3. The van der Waals surface area contributed by atoms with Gasteiger partial charge in [0.05, 0.1) is 7.11 Å². The zero-order valence-electron chi connectivity index (χ0n) is 12.0. The van der Waals surface area contributed by atoms with Crippen LogP contribution in [-0.2, 0) is 6.42 Å². The maximum atomic E-state index is 5.14. The number of benzene rings is 1. The quantitative estimate of drug-likeness (QED) is 0.725. The van der Waals surface area contributed by atoms with E-state index in [0.717, 1.165) is 39.9 Å². The van der Waals surface area contributed by atoms with Crippen molar-refractivity contribution < 1.29 is 4.74 Å². The Kier molecular flexibility index (Phi) is 3.96. The Morgan fingerprint density at radius 1 is 1.19 bits per heavy atom. The van der Waals surface area contributed by atoms with Crippen molar-refractivity contribution in [3.63, 3.8) is 0 Å². The first-order valence-corrected chi connectivity index (χ1v) is 7.65. The lowest BCUT2D eigenvalue weighted by Crippen LogP contribution is -1.94. The first kappa shape index (κ1) is 13.8. The summed E-state index contributed by atoms with van der Waals surface area (Å²) < 4.78 is 6.98. The summed E-state index contributed by atoms with van der Waals surface area (Å²) in [4.78, 5) is 0.841. The number of rotatable bonds is 5. The summed E-state index contributed by atoms with van der Waals surface area (Å²) in [5.74, 6) is 1.78. The largest absolute Gasteiger partial charge is 0.497 e. The lowest BCUT2D eigenvalue weighted by molar-refractivity contribution is 0.415. The molecule has 0 amide bonds. The predicted molar refractivity (Wildman–Crippen MR) is 84.6 cm³/mol. The molecule has 0 saturated carbocycles. The number of hydrogen-bond donors (Lipinski definition) is 0. The molecule has 0 unspecified atom stereocenters. The van der Waals surface area contributed by atoms with E-state index in [-0.39, 0.29) is 0 Å². The van der Waals surface area contributed by atoms with Gasteiger partial charge in [0.15, 0.2) is 5.82 Å². The molecule has 0 fully saturated rings. The van der Waals surface area contributed by atoms with Crippen molar-refractivity contribution in [3.8, 4) is 5.75 Å². The van der Waals surface area contributed by atoms with E-state index >= 15 is 0 Å². The minimum absolute atomic E-state index is 0.841. The van der Waals surface area contributed by atoms with Crippen molar-refractivity contribution >= 4 is 28.4 Å². The molecule has 3 aromatic rings. The van der Waals surface area contributed by atoms with E-state index in [0.29, 0.717) is 0 Å². The lowest BCUT2D eigenvalue weighted by Gasteiger charge is -1.98. The van der Waals surface area contributed by atoms with Crippen molar-refractivity contribution in [1.29, 1.82) is 0 Å². The van der Waals surface area contributed by atoms with E-state index in [2.05, 4.69) is 22.2 Å². The van der Waals surface area contributed by atoms with Crippen LogP contribution in [0.1, 0.15) is 29.7 Å². The molecule has 2 heterocycles. The normalized spacial score (nSPS) is 11.5. The molecule has 0 saturated heterocycles. The van der Waals surface area contributed by atoms with Crippen molar-refractivity contribution in [2.75, 3.05) is 7.11 Å². The molecule has 0 aliphatic carbocycles. The minimum atomic E-state index is 0.841. The van der Waals surface area contributed by atoms with Crippen LogP contribution < -0.4 is 4.74 Å². The van der Waals surface area contributed by atoms with Gasteiger partial charge in [-0.3, -0.25) is 0 Å². The Hall–Kier alpha value is -2.21. The number of aryl methyl sites for hydroxylation is 1. The molecule has 0 atom stereocenters. The highest BCUT2D eigenvalue weighted by Gasteiger charge is 2.09. The van der Waals surface area contributed by atoms with Crippen LogP contribution in [0.15, 0.2) is 24.3 Å². The molecule has 6 heteroatoms. The Bertz CT molecular complexity index is 758. The summed E-state index contributed by atoms with van der Waals surface area (Å²) in [6.07, 6.45) is 5.96. The molecule has 5 nitrogen and oxygen atoms in total. The number of hydrogen-bond acceptors (Lipinski definition) is 5. The minimum Gasteiger partial charge on any atom is -0.497 e. The summed E-state index contributed by atoms with van der Waals surface area (Å²) in [7, 11) is 1.66. The van der Waals surface area contributed by atoms with E-state index < -0.39 is 0 Å². The fourth-order valence-corrected chi connectivity index (χ4v) is 2.76. The third-order valence-corrected chi connectivity index (χ3v) is 3.94. The van der Waals surface area contributed by atoms with Gasteiger partial charge in [-0.05, 0) is 30.2 Å². The summed E-state index contributed by atoms with van der Waals surface area (Å²) >= 11 is 1.54. The van der Waals surface area contributed by atoms with Gasteiger partial charge in [-0.15, -0.1) is 10.2 Å². The summed E-state index contributed by atoms with van der Waals surface area (Å²) in [5.41, 5.74) is 1.11. The molecular formula is C15H16N4OS. The lowest BCUT2D eigenvalue weighted by atomic mass is 10.2. The average molecular weight is 300 g/mol. The highest BCUT2D eigenvalue weighted by atomic mass is 32.1. The SMILES string of the molecule is CCCc1nnc2sc(C=Cc3ccc(OC)cc3)nn12. The number of aromatic nitrogens is 4. The Balaban J connectivity index is 1.81. The number of fused-ring (bicyclic) bond motifs is 1. The molecule has 21 heavy (non-hydrogen) atoms. The van der Waals surface area contributed by atoms with Crippen LogP contribution in [0.4, 0.5) is 0 Å². The third kappa shape index (κ3) is 2.95. The van der Waals surface area contributed by atoms with Crippen molar-refractivity contribution in [1.82, 2.24) is 19.8 Å². The maximum absolute atomic E-state index is 5.14. The van der Waals surface area contributed by atoms with Crippen LogP contribution in [0.25, 0.3) is 17.1 Å². The molecule has 0 spiro atoms. The molecule has 108 valence electrons. The second kappa shape index (κ2) is 6.05. The summed E-state index contributed by atoms with van der Waals surface area (Å²) in [6.45, 7) is 2.12. The Morgan fingerprint density at radius 3 is 2.71 bits per heavy atom. The van der Waals surface area contributed by atoms with Gasteiger partial charge in [-0.1, -0.05) is 36.5 Å². The number of nitrogens with zero attached hydrogens (tertiary/aromatic N) is 4. The molecule has 3 rings (SSSR count). The van der Waals surface area contributed by atoms with Crippen LogP contribution in [0.2, 0.25) is 0 Å². The number of ether oxygens (including phenoxy) is 1. The second-order valence-electron chi connectivity index (χ2n) is 4.61. The zero-order chi connectivity index (χ0) is 14.7. The molecule has 0 aliphatic rings. The van der Waals surface area contributed by atoms with Crippen LogP contribution in [0.3, 0.4) is 0 Å². The first-order chi connectivity index (χ1) is 10.3. The maximum Gasteiger partial charge on any atom is 0.234 e. The smallest absolute Gasteiger partial charge is 0.234 e. The van der Waals surface area contributed by atoms with E-state index in [1.807, 2.05) is 40.9 Å². The van der Waals surface area contributed by atoms with E-state index in [1.54, 1.807) is 7.11 Å². The zero-order valence-corrected chi connectivity index (χ0v) is 12.8. The molecule has 0 N–H and O–H groups in total.